The third kappa shape index (κ3) is 4.59. The van der Waals surface area contributed by atoms with Crippen molar-refractivity contribution in [2.24, 2.45) is 0 Å². The molecule has 0 fully saturated rings. The van der Waals surface area contributed by atoms with Gasteiger partial charge in [-0.05, 0) is 61.2 Å². The molecule has 172 valence electrons. The van der Waals surface area contributed by atoms with E-state index in [1.165, 1.54) is 5.56 Å². The van der Waals surface area contributed by atoms with Crippen molar-refractivity contribution in [2.45, 2.75) is 39.2 Å². The first-order valence-corrected chi connectivity index (χ1v) is 10.9. The highest BCUT2D eigenvalue weighted by atomic mass is 35.5. The summed E-state index contributed by atoms with van der Waals surface area (Å²) in [5.74, 6) is 9.88. The van der Waals surface area contributed by atoms with Crippen LogP contribution in [-0.4, -0.2) is 39.0 Å². The van der Waals surface area contributed by atoms with Crippen LogP contribution >= 0.6 is 24.0 Å². The molecule has 5 nitrogen and oxygen atoms in total. The van der Waals surface area contributed by atoms with E-state index < -0.39 is 0 Å². The van der Waals surface area contributed by atoms with Gasteiger partial charge in [0.1, 0.15) is 18.4 Å². The summed E-state index contributed by atoms with van der Waals surface area (Å²) in [5.41, 5.74) is 4.33. The third-order valence-corrected chi connectivity index (χ3v) is 6.25. The maximum atomic E-state index is 6.31. The van der Waals surface area contributed by atoms with Gasteiger partial charge in [-0.2, -0.15) is 0 Å². The van der Waals surface area contributed by atoms with Crippen LogP contribution in [0.3, 0.4) is 0 Å². The number of hydrogen-bond acceptors (Lipinski definition) is 5. The average Bonchev–Trinajstić information content (AvgIpc) is 3.21. The van der Waals surface area contributed by atoms with E-state index in [4.69, 9.17) is 30.5 Å². The van der Waals surface area contributed by atoms with Crippen LogP contribution < -0.4 is 18.9 Å². The maximum absolute atomic E-state index is 6.31. The predicted molar refractivity (Wildman–Crippen MR) is 129 cm³/mol. The number of hydrogen-bond donors (Lipinski definition) is 0. The molecule has 0 bridgehead atoms. The molecule has 2 aliphatic rings. The molecule has 0 aliphatic carbocycles. The Labute approximate surface area is 201 Å². The lowest BCUT2D eigenvalue weighted by atomic mass is 9.91. The normalized spacial score (nSPS) is 16.7. The van der Waals surface area contributed by atoms with Gasteiger partial charge in [0, 0.05) is 17.1 Å². The molecule has 7 heteroatoms. The fourth-order valence-corrected chi connectivity index (χ4v) is 4.29. The standard InChI is InChI=1S/C25H28ClNO4.ClH/c1-15(2)18-13-19(26)16(3)11-21(18)29-10-6-7-20-23-17(8-9-27(20)4)12-22-24(25(23)28-5)31-14-30-22;/h11-13,15,20H,8-10,14H2,1-5H3;1H. The molecular formula is C25H29Cl2NO4. The number of aryl methyl sites for hydroxylation is 1. The van der Waals surface area contributed by atoms with Crippen molar-refractivity contribution in [3.05, 3.63) is 45.5 Å². The van der Waals surface area contributed by atoms with Crippen LogP contribution in [0.4, 0.5) is 0 Å². The van der Waals surface area contributed by atoms with Crippen LogP contribution in [0.2, 0.25) is 5.02 Å². The second-order valence-corrected chi connectivity index (χ2v) is 8.66. The first kappa shape index (κ1) is 24.4. The van der Waals surface area contributed by atoms with E-state index in [-0.39, 0.29) is 25.2 Å². The Balaban J connectivity index is 0.00000289. The molecule has 4 rings (SSSR count). The highest BCUT2D eigenvalue weighted by molar-refractivity contribution is 6.31. The zero-order chi connectivity index (χ0) is 22.1. The number of fused-ring (bicyclic) bond motifs is 2. The number of nitrogens with zero attached hydrogens (tertiary/aromatic N) is 1. The number of likely N-dealkylation sites (N-methyl/N-ethyl adjacent to an activating group) is 1. The van der Waals surface area contributed by atoms with E-state index in [9.17, 15) is 0 Å². The number of rotatable bonds is 4. The zero-order valence-corrected chi connectivity index (χ0v) is 20.7. The summed E-state index contributed by atoms with van der Waals surface area (Å²) in [4.78, 5) is 2.23. The van der Waals surface area contributed by atoms with Crippen LogP contribution in [-0.2, 0) is 6.42 Å². The Bertz CT molecular complexity index is 1060. The van der Waals surface area contributed by atoms with Gasteiger partial charge in [-0.1, -0.05) is 37.3 Å². The molecule has 2 aromatic carbocycles. The minimum atomic E-state index is -0.103. The van der Waals surface area contributed by atoms with Gasteiger partial charge in [-0.25, -0.2) is 0 Å². The van der Waals surface area contributed by atoms with Gasteiger partial charge in [0.25, 0.3) is 0 Å². The average molecular weight is 478 g/mol. The van der Waals surface area contributed by atoms with E-state index in [1.807, 2.05) is 19.1 Å². The van der Waals surface area contributed by atoms with Gasteiger partial charge in [0.15, 0.2) is 11.5 Å². The molecule has 0 spiro atoms. The first-order chi connectivity index (χ1) is 14.9. The molecule has 0 saturated heterocycles. The molecule has 2 aliphatic heterocycles. The molecule has 0 saturated carbocycles. The summed E-state index contributed by atoms with van der Waals surface area (Å²) in [7, 11) is 3.74. The lowest BCUT2D eigenvalue weighted by molar-refractivity contribution is 0.171. The minimum absolute atomic E-state index is 0. The van der Waals surface area contributed by atoms with Crippen LogP contribution in [0.25, 0.3) is 0 Å². The predicted octanol–water partition coefficient (Wildman–Crippen LogP) is 5.54. The summed E-state index contributed by atoms with van der Waals surface area (Å²) >= 11 is 6.31. The third-order valence-electron chi connectivity index (χ3n) is 5.85. The van der Waals surface area contributed by atoms with E-state index in [0.29, 0.717) is 24.0 Å². The Hall–Kier alpha value is -2.26. The van der Waals surface area contributed by atoms with Crippen molar-refractivity contribution >= 4 is 24.0 Å². The summed E-state index contributed by atoms with van der Waals surface area (Å²) in [6.45, 7) is 7.66. The van der Waals surface area contributed by atoms with Gasteiger partial charge < -0.3 is 18.9 Å². The molecule has 0 radical (unpaired) electrons. The number of ether oxygens (including phenoxy) is 4. The maximum Gasteiger partial charge on any atom is 0.231 e. The van der Waals surface area contributed by atoms with Gasteiger partial charge in [-0.3, -0.25) is 4.90 Å². The second kappa shape index (κ2) is 10.1. The van der Waals surface area contributed by atoms with E-state index in [2.05, 4.69) is 43.7 Å². The van der Waals surface area contributed by atoms with Crippen molar-refractivity contribution in [1.82, 2.24) is 4.90 Å². The highest BCUT2D eigenvalue weighted by Crippen LogP contribution is 2.49. The number of halogens is 2. The molecule has 0 aromatic heterocycles. The quantitative estimate of drug-likeness (QED) is 0.540. The number of methoxy groups -OCH3 is 1. The van der Waals surface area contributed by atoms with Gasteiger partial charge in [0.05, 0.1) is 7.11 Å². The Morgan fingerprint density at radius 2 is 2.03 bits per heavy atom. The first-order valence-electron chi connectivity index (χ1n) is 10.5. The Kier molecular flexibility index (Phi) is 7.71. The minimum Gasteiger partial charge on any atom is -0.492 e. The largest absolute Gasteiger partial charge is 0.492 e. The monoisotopic (exact) mass is 477 g/mol. The molecule has 1 unspecified atom stereocenters. The number of benzene rings is 2. The summed E-state index contributed by atoms with van der Waals surface area (Å²) < 4.78 is 23.0. The van der Waals surface area contributed by atoms with Crippen LogP contribution in [0, 0.1) is 18.8 Å². The van der Waals surface area contributed by atoms with Crippen LogP contribution in [0.1, 0.15) is 48.1 Å². The van der Waals surface area contributed by atoms with Gasteiger partial charge in [-0.15, -0.1) is 12.4 Å². The van der Waals surface area contributed by atoms with Crippen molar-refractivity contribution in [3.63, 3.8) is 0 Å². The molecule has 0 N–H and O–H groups in total. The van der Waals surface area contributed by atoms with Gasteiger partial charge in [0.2, 0.25) is 12.5 Å². The molecule has 2 heterocycles. The Morgan fingerprint density at radius 1 is 1.25 bits per heavy atom. The van der Waals surface area contributed by atoms with Crippen molar-refractivity contribution in [3.8, 4) is 34.8 Å². The fourth-order valence-electron chi connectivity index (χ4n) is 4.11. The lowest BCUT2D eigenvalue weighted by Gasteiger charge is -2.32. The van der Waals surface area contributed by atoms with Gasteiger partial charge >= 0.3 is 0 Å². The van der Waals surface area contributed by atoms with E-state index in [0.717, 1.165) is 46.2 Å². The smallest absolute Gasteiger partial charge is 0.231 e. The summed E-state index contributed by atoms with van der Waals surface area (Å²) in [6, 6.07) is 5.94. The second-order valence-electron chi connectivity index (χ2n) is 8.25. The van der Waals surface area contributed by atoms with E-state index in [1.54, 1.807) is 7.11 Å². The lowest BCUT2D eigenvalue weighted by Crippen LogP contribution is -2.31. The van der Waals surface area contributed by atoms with Crippen LogP contribution in [0.5, 0.6) is 23.0 Å². The van der Waals surface area contributed by atoms with E-state index >= 15 is 0 Å². The molecule has 32 heavy (non-hydrogen) atoms. The van der Waals surface area contributed by atoms with Crippen LogP contribution in [0.15, 0.2) is 18.2 Å². The molecule has 0 amide bonds. The van der Waals surface area contributed by atoms with Crippen molar-refractivity contribution < 1.29 is 18.9 Å². The molecule has 1 atom stereocenters. The van der Waals surface area contributed by atoms with Crippen molar-refractivity contribution in [1.29, 1.82) is 0 Å². The topological polar surface area (TPSA) is 40.2 Å². The fraction of sp³-hybridized carbons (Fsp3) is 0.440. The molecular weight excluding hydrogens is 449 g/mol. The SMILES string of the molecule is COc1c2c(cc3c1C(C#CCOc1cc(C)c(Cl)cc1C(C)C)N(C)CC3)OCO2.Cl. The summed E-state index contributed by atoms with van der Waals surface area (Å²) in [5, 5.41) is 0.758. The zero-order valence-electron chi connectivity index (χ0n) is 19.1. The molecule has 2 aromatic rings. The highest BCUT2D eigenvalue weighted by Gasteiger charge is 2.33. The van der Waals surface area contributed by atoms with Crippen molar-refractivity contribution in [2.75, 3.05) is 34.1 Å². The Morgan fingerprint density at radius 3 is 2.75 bits per heavy atom. The summed E-state index contributed by atoms with van der Waals surface area (Å²) in [6.07, 6.45) is 0.912.